The Labute approximate surface area is 196 Å². The molecule has 0 unspecified atom stereocenters. The summed E-state index contributed by atoms with van der Waals surface area (Å²) in [5, 5.41) is 17.0. The van der Waals surface area contributed by atoms with Crippen molar-refractivity contribution in [3.63, 3.8) is 0 Å². The number of nitrogens with zero attached hydrogens (tertiary/aromatic N) is 3. The maximum atomic E-state index is 13.4. The van der Waals surface area contributed by atoms with Crippen LogP contribution in [0.3, 0.4) is 0 Å². The first-order valence-corrected chi connectivity index (χ1v) is 11.1. The van der Waals surface area contributed by atoms with Crippen LogP contribution in [0.5, 0.6) is 0 Å². The van der Waals surface area contributed by atoms with Crippen molar-refractivity contribution in [2.45, 2.75) is 31.1 Å². The first kappa shape index (κ1) is 23.4. The normalized spacial score (nSPS) is 15.0. The Hall–Kier alpha value is -3.77. The lowest BCUT2D eigenvalue weighted by Crippen LogP contribution is -2.48. The minimum absolute atomic E-state index is 0.126. The molecule has 2 heterocycles. The summed E-state index contributed by atoms with van der Waals surface area (Å²) < 4.78 is 33.5. The van der Waals surface area contributed by atoms with Crippen LogP contribution >= 0.6 is 0 Å². The maximum absolute atomic E-state index is 13.4. The van der Waals surface area contributed by atoms with Gasteiger partial charge in [-0.2, -0.15) is 10.4 Å². The van der Waals surface area contributed by atoms with Crippen LogP contribution < -0.4 is 11.1 Å². The van der Waals surface area contributed by atoms with E-state index in [-0.39, 0.29) is 28.9 Å². The van der Waals surface area contributed by atoms with Gasteiger partial charge in [0.15, 0.2) is 0 Å². The number of ether oxygens (including phenoxy) is 1. The van der Waals surface area contributed by atoms with Crippen molar-refractivity contribution in [2.75, 3.05) is 25.5 Å². The van der Waals surface area contributed by atoms with E-state index in [2.05, 4.69) is 16.5 Å². The molecule has 0 atom stereocenters. The molecule has 0 aliphatic carbocycles. The van der Waals surface area contributed by atoms with Gasteiger partial charge in [-0.25, -0.2) is 13.5 Å². The van der Waals surface area contributed by atoms with Crippen LogP contribution in [-0.4, -0.2) is 35.4 Å². The van der Waals surface area contributed by atoms with E-state index in [0.29, 0.717) is 56.8 Å². The fourth-order valence-electron chi connectivity index (χ4n) is 4.32. The number of hydrogen-bond acceptors (Lipinski definition) is 5. The molecule has 1 fully saturated rings. The van der Waals surface area contributed by atoms with Gasteiger partial charge in [-0.3, -0.25) is 4.79 Å². The summed E-state index contributed by atoms with van der Waals surface area (Å²) in [6.45, 7) is 1.28. The van der Waals surface area contributed by atoms with Crippen LogP contribution in [0.15, 0.2) is 48.5 Å². The third-order valence-corrected chi connectivity index (χ3v) is 6.23. The van der Waals surface area contributed by atoms with Gasteiger partial charge in [-0.15, -0.1) is 0 Å². The van der Waals surface area contributed by atoms with Crippen molar-refractivity contribution in [3.8, 4) is 11.8 Å². The number of carbonyl (C=O) groups is 1. The van der Waals surface area contributed by atoms with E-state index in [1.807, 2.05) is 0 Å². The van der Waals surface area contributed by atoms with Gasteiger partial charge in [0.1, 0.15) is 29.1 Å². The van der Waals surface area contributed by atoms with E-state index in [0.717, 1.165) is 5.56 Å². The molecule has 176 valence electrons. The third kappa shape index (κ3) is 4.63. The van der Waals surface area contributed by atoms with Gasteiger partial charge in [-0.1, -0.05) is 12.1 Å². The van der Waals surface area contributed by atoms with Gasteiger partial charge >= 0.3 is 0 Å². The fourth-order valence-corrected chi connectivity index (χ4v) is 4.32. The number of nitrogens with two attached hydrogens (primary N) is 1. The van der Waals surface area contributed by atoms with Gasteiger partial charge < -0.3 is 15.8 Å². The Morgan fingerprint density at radius 2 is 1.74 bits per heavy atom. The zero-order valence-corrected chi connectivity index (χ0v) is 18.6. The van der Waals surface area contributed by atoms with Crippen LogP contribution in [0.4, 0.5) is 14.6 Å². The van der Waals surface area contributed by atoms with Crippen LogP contribution in [0.25, 0.3) is 5.69 Å². The van der Waals surface area contributed by atoms with Crippen LogP contribution in [0, 0.1) is 23.0 Å². The molecule has 34 heavy (non-hydrogen) atoms. The number of aromatic nitrogens is 2. The minimum Gasteiger partial charge on any atom is -0.382 e. The predicted octanol–water partition coefficient (Wildman–Crippen LogP) is 3.40. The molecule has 4 rings (SSSR count). The van der Waals surface area contributed by atoms with Crippen molar-refractivity contribution in [1.29, 1.82) is 5.26 Å². The van der Waals surface area contributed by atoms with Crippen LogP contribution in [-0.2, 0) is 21.4 Å². The van der Waals surface area contributed by atoms with Crippen molar-refractivity contribution in [1.82, 2.24) is 15.1 Å². The number of halogens is 2. The molecule has 0 saturated carbocycles. The Balaban J connectivity index is 1.43. The first-order valence-electron chi connectivity index (χ1n) is 11.1. The molecule has 2 aromatic carbocycles. The van der Waals surface area contributed by atoms with Crippen molar-refractivity contribution in [3.05, 3.63) is 77.0 Å². The monoisotopic (exact) mass is 465 g/mol. The van der Waals surface area contributed by atoms with Crippen LogP contribution in [0.1, 0.15) is 36.1 Å². The molecule has 0 spiro atoms. The second kappa shape index (κ2) is 10.0. The molecule has 0 bridgehead atoms. The summed E-state index contributed by atoms with van der Waals surface area (Å²) in [7, 11) is 0. The molecular formula is C25H25F2N5O2. The summed E-state index contributed by atoms with van der Waals surface area (Å²) in [5.74, 6) is -0.669. The lowest BCUT2D eigenvalue weighted by molar-refractivity contribution is -0.130. The molecule has 1 saturated heterocycles. The molecule has 1 amide bonds. The summed E-state index contributed by atoms with van der Waals surface area (Å²) in [6, 6.07) is 13.8. The summed E-state index contributed by atoms with van der Waals surface area (Å²) in [5.41, 5.74) is 7.44. The smallest absolute Gasteiger partial charge is 0.230 e. The standard InChI is InChI=1S/C25H25F2N5O2/c26-18-5-3-17(4-6-18)25(11-14-34-15-12-25)24(33)30-13-1-2-22-21(16-28)23(29)32(31-22)20-9-7-19(27)8-10-20/h3-10H,1-2,11-15,29H2,(H,30,33). The topological polar surface area (TPSA) is 106 Å². The van der Waals surface area contributed by atoms with E-state index in [1.54, 1.807) is 12.1 Å². The zero-order valence-electron chi connectivity index (χ0n) is 18.6. The van der Waals surface area contributed by atoms with E-state index in [1.165, 1.54) is 41.1 Å². The Kier molecular flexibility index (Phi) is 6.89. The highest BCUT2D eigenvalue weighted by Crippen LogP contribution is 2.35. The van der Waals surface area contributed by atoms with Crippen molar-refractivity contribution in [2.24, 2.45) is 0 Å². The molecule has 1 aliphatic rings. The number of nitriles is 1. The number of aryl methyl sites for hydroxylation is 1. The van der Waals surface area contributed by atoms with Gasteiger partial charge in [0.25, 0.3) is 0 Å². The molecule has 1 aliphatic heterocycles. The Morgan fingerprint density at radius 1 is 1.12 bits per heavy atom. The Bertz CT molecular complexity index is 1190. The second-order valence-electron chi connectivity index (χ2n) is 8.27. The highest BCUT2D eigenvalue weighted by atomic mass is 19.1. The predicted molar refractivity (Wildman–Crippen MR) is 122 cm³/mol. The SMILES string of the molecule is N#Cc1c(CCCNC(=O)C2(c3ccc(F)cc3)CCOCC2)nn(-c2ccc(F)cc2)c1N. The summed E-state index contributed by atoms with van der Waals surface area (Å²) in [4.78, 5) is 13.2. The van der Waals surface area contributed by atoms with E-state index >= 15 is 0 Å². The molecule has 7 nitrogen and oxygen atoms in total. The highest BCUT2D eigenvalue weighted by Gasteiger charge is 2.41. The lowest BCUT2D eigenvalue weighted by Gasteiger charge is -2.36. The first-order chi connectivity index (χ1) is 16.4. The number of nitrogen functional groups attached to an aromatic ring is 1. The number of amides is 1. The molecule has 1 aromatic heterocycles. The third-order valence-electron chi connectivity index (χ3n) is 6.23. The van der Waals surface area contributed by atoms with Crippen molar-refractivity contribution >= 4 is 11.7 Å². The van der Waals surface area contributed by atoms with Crippen molar-refractivity contribution < 1.29 is 18.3 Å². The molecule has 9 heteroatoms. The number of carbonyl (C=O) groups excluding carboxylic acids is 1. The molecular weight excluding hydrogens is 440 g/mol. The van der Waals surface area contributed by atoms with E-state index < -0.39 is 5.41 Å². The molecule has 3 aromatic rings. The minimum atomic E-state index is -0.766. The van der Waals surface area contributed by atoms with Crippen LogP contribution in [0.2, 0.25) is 0 Å². The van der Waals surface area contributed by atoms with Gasteiger partial charge in [-0.05, 0) is 67.6 Å². The number of nitrogens with one attached hydrogen (secondary N) is 1. The number of rotatable bonds is 7. The van der Waals surface area contributed by atoms with Gasteiger partial charge in [0, 0.05) is 19.8 Å². The largest absolute Gasteiger partial charge is 0.382 e. The lowest BCUT2D eigenvalue weighted by atomic mass is 9.73. The summed E-state index contributed by atoms with van der Waals surface area (Å²) in [6.07, 6.45) is 1.99. The maximum Gasteiger partial charge on any atom is 0.230 e. The van der Waals surface area contributed by atoms with E-state index in [9.17, 15) is 18.8 Å². The van der Waals surface area contributed by atoms with Gasteiger partial charge in [0.2, 0.25) is 5.91 Å². The average Bonchev–Trinajstić information content (AvgIpc) is 3.18. The molecule has 0 radical (unpaired) electrons. The number of anilines is 1. The Morgan fingerprint density at radius 3 is 2.35 bits per heavy atom. The van der Waals surface area contributed by atoms with Gasteiger partial charge in [0.05, 0.1) is 16.8 Å². The number of hydrogen-bond donors (Lipinski definition) is 2. The summed E-state index contributed by atoms with van der Waals surface area (Å²) >= 11 is 0. The number of benzene rings is 2. The fraction of sp³-hybridized carbons (Fsp3) is 0.320. The highest BCUT2D eigenvalue weighted by molar-refractivity contribution is 5.88. The van der Waals surface area contributed by atoms with E-state index in [4.69, 9.17) is 10.5 Å². The quantitative estimate of drug-likeness (QED) is 0.520. The zero-order chi connectivity index (χ0) is 24.1. The average molecular weight is 466 g/mol. The molecule has 3 N–H and O–H groups in total. The second-order valence-corrected chi connectivity index (χ2v) is 8.27.